The van der Waals surface area contributed by atoms with E-state index in [0.717, 1.165) is 0 Å². The first kappa shape index (κ1) is 14.9. The van der Waals surface area contributed by atoms with E-state index in [-0.39, 0.29) is 10.0 Å². The van der Waals surface area contributed by atoms with Crippen molar-refractivity contribution < 1.29 is 8.42 Å². The minimum absolute atomic E-state index is 0.103. The Bertz CT molecular complexity index is 800. The Morgan fingerprint density at radius 1 is 1.35 bits per heavy atom. The van der Waals surface area contributed by atoms with Crippen molar-refractivity contribution in [2.45, 2.75) is 4.90 Å². The number of halogens is 2. The van der Waals surface area contributed by atoms with Crippen LogP contribution in [0.15, 0.2) is 45.9 Å². The molecule has 1 aromatic carbocycles. The molecular formula is C13H8BrClN2O2S. The summed E-state index contributed by atoms with van der Waals surface area (Å²) in [5, 5.41) is -0.103. The molecule has 0 aliphatic rings. The molecule has 0 spiro atoms. The number of rotatable bonds is 3. The van der Waals surface area contributed by atoms with E-state index in [4.69, 9.17) is 18.0 Å². The molecule has 0 aliphatic carbocycles. The zero-order valence-corrected chi connectivity index (χ0v) is 13.1. The summed E-state index contributed by atoms with van der Waals surface area (Å²) >= 11 is 8.98. The van der Waals surface area contributed by atoms with Crippen LogP contribution in [0.2, 0.25) is 5.15 Å². The van der Waals surface area contributed by atoms with Crippen molar-refractivity contribution in [1.82, 2.24) is 4.98 Å². The van der Waals surface area contributed by atoms with E-state index in [1.54, 1.807) is 24.3 Å². The number of hydrogen-bond donors (Lipinski definition) is 1. The average molecular weight is 372 g/mol. The van der Waals surface area contributed by atoms with Gasteiger partial charge in [-0.25, -0.2) is 13.4 Å². The highest BCUT2D eigenvalue weighted by Crippen LogP contribution is 2.25. The molecule has 0 amide bonds. The zero-order valence-electron chi connectivity index (χ0n) is 9.97. The first-order valence-electron chi connectivity index (χ1n) is 5.33. The van der Waals surface area contributed by atoms with Crippen molar-refractivity contribution in [3.63, 3.8) is 0 Å². The van der Waals surface area contributed by atoms with Crippen LogP contribution in [0.25, 0.3) is 0 Å². The van der Waals surface area contributed by atoms with E-state index >= 15 is 0 Å². The van der Waals surface area contributed by atoms with Crippen molar-refractivity contribution in [3.05, 3.63) is 51.7 Å². The number of hydrogen-bond acceptors (Lipinski definition) is 3. The van der Waals surface area contributed by atoms with Gasteiger partial charge in [-0.3, -0.25) is 4.72 Å². The van der Waals surface area contributed by atoms with E-state index in [1.165, 1.54) is 12.3 Å². The molecular weight excluding hydrogens is 364 g/mol. The van der Waals surface area contributed by atoms with Crippen LogP contribution in [0.4, 0.5) is 5.69 Å². The number of anilines is 1. The molecule has 2 rings (SSSR count). The molecule has 7 heteroatoms. The van der Waals surface area contributed by atoms with Crippen molar-refractivity contribution in [2.75, 3.05) is 4.72 Å². The fourth-order valence-electron chi connectivity index (χ4n) is 1.48. The van der Waals surface area contributed by atoms with Crippen LogP contribution in [0.5, 0.6) is 0 Å². The van der Waals surface area contributed by atoms with E-state index < -0.39 is 10.0 Å². The molecule has 0 saturated heterocycles. The lowest BCUT2D eigenvalue weighted by Gasteiger charge is -2.09. The Kier molecular flexibility index (Phi) is 4.33. The van der Waals surface area contributed by atoms with E-state index in [1.807, 2.05) is 0 Å². The number of pyridine rings is 1. The number of nitrogens with zero attached hydrogens (tertiary/aromatic N) is 1. The molecule has 1 heterocycles. The highest BCUT2D eigenvalue weighted by molar-refractivity contribution is 9.10. The average Bonchev–Trinajstić information content (AvgIpc) is 2.41. The molecule has 4 nitrogen and oxygen atoms in total. The Balaban J connectivity index is 2.41. The molecule has 0 aliphatic heterocycles. The maximum atomic E-state index is 12.3. The van der Waals surface area contributed by atoms with Crippen LogP contribution in [-0.4, -0.2) is 13.4 Å². The summed E-state index contributed by atoms with van der Waals surface area (Å²) in [5.41, 5.74) is 0.931. The Labute approximate surface area is 130 Å². The van der Waals surface area contributed by atoms with Crippen LogP contribution in [0.1, 0.15) is 5.56 Å². The van der Waals surface area contributed by atoms with Crippen LogP contribution < -0.4 is 4.72 Å². The van der Waals surface area contributed by atoms with Crippen LogP contribution in [0.3, 0.4) is 0 Å². The Morgan fingerprint density at radius 3 is 2.80 bits per heavy atom. The van der Waals surface area contributed by atoms with Gasteiger partial charge in [0.25, 0.3) is 10.0 Å². The quantitative estimate of drug-likeness (QED) is 0.665. The first-order valence-corrected chi connectivity index (χ1v) is 7.98. The van der Waals surface area contributed by atoms with E-state index in [9.17, 15) is 8.42 Å². The number of aromatic nitrogens is 1. The molecule has 0 radical (unpaired) electrons. The van der Waals surface area contributed by atoms with Gasteiger partial charge in [0.2, 0.25) is 0 Å². The molecule has 0 atom stereocenters. The topological polar surface area (TPSA) is 59.1 Å². The lowest BCUT2D eigenvalue weighted by atomic mass is 10.2. The first-order chi connectivity index (χ1) is 9.42. The number of nitrogens with one attached hydrogen (secondary N) is 1. The van der Waals surface area contributed by atoms with Gasteiger partial charge in [0.1, 0.15) is 10.0 Å². The number of benzene rings is 1. The summed E-state index contributed by atoms with van der Waals surface area (Å²) in [4.78, 5) is 3.68. The SMILES string of the molecule is C#Cc1cccc(NS(=O)(=O)c2cc(Br)cnc2Cl)c1. The highest BCUT2D eigenvalue weighted by atomic mass is 79.9. The molecule has 2 aromatic rings. The molecule has 0 bridgehead atoms. The second kappa shape index (κ2) is 5.83. The zero-order chi connectivity index (χ0) is 14.8. The molecule has 102 valence electrons. The Hall–Kier alpha value is -1.55. The lowest BCUT2D eigenvalue weighted by Crippen LogP contribution is -2.14. The van der Waals surface area contributed by atoms with Gasteiger partial charge >= 0.3 is 0 Å². The standard InChI is InChI=1S/C13H8BrClN2O2S/c1-2-9-4-3-5-11(6-9)17-20(18,19)12-7-10(14)8-16-13(12)15/h1,3-8,17H. The van der Waals surface area contributed by atoms with Gasteiger partial charge in [-0.2, -0.15) is 0 Å². The van der Waals surface area contributed by atoms with Crippen LogP contribution in [0, 0.1) is 12.3 Å². The van der Waals surface area contributed by atoms with Crippen molar-refractivity contribution in [2.24, 2.45) is 0 Å². The normalized spacial score (nSPS) is 10.8. The fourth-order valence-corrected chi connectivity index (χ4v) is 3.47. The minimum atomic E-state index is -3.83. The summed E-state index contributed by atoms with van der Waals surface area (Å²) in [6.45, 7) is 0. The number of sulfonamides is 1. The third kappa shape index (κ3) is 3.31. The summed E-state index contributed by atoms with van der Waals surface area (Å²) in [6.07, 6.45) is 6.69. The van der Waals surface area contributed by atoms with Gasteiger partial charge in [-0.05, 0) is 40.2 Å². The second-order valence-corrected chi connectivity index (χ2v) is 6.70. The Morgan fingerprint density at radius 2 is 2.10 bits per heavy atom. The molecule has 0 fully saturated rings. The molecule has 0 saturated carbocycles. The van der Waals surface area contributed by atoms with Gasteiger partial charge in [0.05, 0.1) is 5.69 Å². The summed E-state index contributed by atoms with van der Waals surface area (Å²) < 4.78 is 27.5. The summed E-state index contributed by atoms with van der Waals surface area (Å²) in [5.74, 6) is 2.43. The summed E-state index contributed by atoms with van der Waals surface area (Å²) in [7, 11) is -3.83. The predicted octanol–water partition coefficient (Wildman–Crippen LogP) is 3.28. The highest BCUT2D eigenvalue weighted by Gasteiger charge is 2.19. The summed E-state index contributed by atoms with van der Waals surface area (Å²) in [6, 6.07) is 7.89. The van der Waals surface area contributed by atoms with Gasteiger partial charge in [0, 0.05) is 16.2 Å². The van der Waals surface area contributed by atoms with Gasteiger partial charge < -0.3 is 0 Å². The minimum Gasteiger partial charge on any atom is -0.279 e. The molecule has 1 aromatic heterocycles. The molecule has 0 unspecified atom stereocenters. The molecule has 1 N–H and O–H groups in total. The maximum Gasteiger partial charge on any atom is 0.265 e. The third-order valence-corrected chi connectivity index (χ3v) is 4.59. The van der Waals surface area contributed by atoms with E-state index in [0.29, 0.717) is 15.7 Å². The van der Waals surface area contributed by atoms with E-state index in [2.05, 4.69) is 31.6 Å². The monoisotopic (exact) mass is 370 g/mol. The van der Waals surface area contributed by atoms with Crippen molar-refractivity contribution in [1.29, 1.82) is 0 Å². The molecule has 20 heavy (non-hydrogen) atoms. The van der Waals surface area contributed by atoms with Gasteiger partial charge in [0.15, 0.2) is 0 Å². The maximum absolute atomic E-state index is 12.3. The smallest absolute Gasteiger partial charge is 0.265 e. The second-order valence-electron chi connectivity index (χ2n) is 3.77. The van der Waals surface area contributed by atoms with Gasteiger partial charge in [-0.15, -0.1) is 6.42 Å². The lowest BCUT2D eigenvalue weighted by molar-refractivity contribution is 0.601. The van der Waals surface area contributed by atoms with Crippen molar-refractivity contribution >= 4 is 43.2 Å². The van der Waals surface area contributed by atoms with Gasteiger partial charge in [-0.1, -0.05) is 23.6 Å². The van der Waals surface area contributed by atoms with Crippen molar-refractivity contribution in [3.8, 4) is 12.3 Å². The largest absolute Gasteiger partial charge is 0.279 e. The number of terminal acetylenes is 1. The third-order valence-electron chi connectivity index (χ3n) is 2.34. The van der Waals surface area contributed by atoms with Crippen LogP contribution >= 0.6 is 27.5 Å². The predicted molar refractivity (Wildman–Crippen MR) is 82.1 cm³/mol. The van der Waals surface area contributed by atoms with Crippen LogP contribution in [-0.2, 0) is 10.0 Å². The fraction of sp³-hybridized carbons (Fsp3) is 0.